The maximum Gasteiger partial charge on any atom is 0.314 e. The number of amides is 1. The van der Waals surface area contributed by atoms with Crippen LogP contribution in [0.1, 0.15) is 0 Å². The van der Waals surface area contributed by atoms with Crippen molar-refractivity contribution < 1.29 is 13.5 Å². The van der Waals surface area contributed by atoms with Crippen LogP contribution in [0.4, 0.5) is 4.79 Å². The predicted octanol–water partition coefficient (Wildman–Crippen LogP) is -0.139. The summed E-state index contributed by atoms with van der Waals surface area (Å²) < 4.78 is 15.1. The highest BCUT2D eigenvalue weighted by molar-refractivity contribution is 8.00. The van der Waals surface area contributed by atoms with Gasteiger partial charge in [-0.15, -0.1) is 0 Å². The van der Waals surface area contributed by atoms with Crippen molar-refractivity contribution in [1.29, 1.82) is 0 Å². The Balaban J connectivity index is 2.88. The molecule has 0 saturated heterocycles. The van der Waals surface area contributed by atoms with Crippen LogP contribution in [-0.4, -0.2) is 14.6 Å². The molecule has 0 fully saturated rings. The third kappa shape index (κ3) is 1.21. The lowest BCUT2D eigenvalue weighted by atomic mass is 10.8. The Morgan fingerprint density at radius 3 is 2.90 bits per heavy atom. The van der Waals surface area contributed by atoms with Gasteiger partial charge in [0.05, 0.1) is 6.20 Å². The Kier molecular flexibility index (Phi) is 1.81. The van der Waals surface area contributed by atoms with Crippen LogP contribution in [0.3, 0.4) is 0 Å². The van der Waals surface area contributed by atoms with Crippen molar-refractivity contribution >= 4 is 16.0 Å². The monoisotopic (exact) mass is 160 g/mol. The Morgan fingerprint density at radius 1 is 1.80 bits per heavy atom. The molecule has 10 heavy (non-hydrogen) atoms. The van der Waals surface area contributed by atoms with Crippen LogP contribution in [0.5, 0.6) is 0 Å². The molecule has 0 radical (unpaired) electrons. The molecule has 1 aromatic rings. The molecule has 2 N–H and O–H groups in total. The van der Waals surface area contributed by atoms with Crippen LogP contribution in [0.25, 0.3) is 0 Å². The minimum absolute atomic E-state index is 0.0208. The van der Waals surface area contributed by atoms with Crippen molar-refractivity contribution in [1.82, 2.24) is 5.16 Å². The third-order valence-electron chi connectivity index (χ3n) is 0.780. The first-order chi connectivity index (χ1) is 4.72. The number of nitrogens with two attached hydrogens (primary N) is 1. The van der Waals surface area contributed by atoms with Gasteiger partial charge in [-0.05, 0) is 0 Å². The van der Waals surface area contributed by atoms with E-state index >= 15 is 0 Å². The Morgan fingerprint density at radius 2 is 2.50 bits per heavy atom. The summed E-state index contributed by atoms with van der Waals surface area (Å²) in [6, 6.07) is 1.32. The number of hydrogen-bond acceptors (Lipinski definition) is 4. The van der Waals surface area contributed by atoms with E-state index in [1.54, 1.807) is 0 Å². The second kappa shape index (κ2) is 2.61. The molecule has 1 unspecified atom stereocenters. The van der Waals surface area contributed by atoms with Crippen LogP contribution in [0.15, 0.2) is 21.9 Å². The molecule has 6 heteroatoms. The summed E-state index contributed by atoms with van der Waals surface area (Å²) in [5.41, 5.74) is 4.70. The lowest BCUT2D eigenvalue weighted by molar-refractivity contribution is 0.265. The average Bonchev–Trinajstić information content (AvgIpc) is 2.36. The molecular formula is C4H4N2O3S. The Labute approximate surface area is 58.6 Å². The average molecular weight is 160 g/mol. The van der Waals surface area contributed by atoms with Crippen molar-refractivity contribution in [2.75, 3.05) is 0 Å². The molecule has 1 amide bonds. The highest BCUT2D eigenvalue weighted by Crippen LogP contribution is 2.02. The largest absolute Gasteiger partial charge is 0.358 e. The van der Waals surface area contributed by atoms with Gasteiger partial charge in [0, 0.05) is 6.07 Å². The van der Waals surface area contributed by atoms with Crippen molar-refractivity contribution in [2.24, 2.45) is 5.73 Å². The maximum absolute atomic E-state index is 10.7. The summed E-state index contributed by atoms with van der Waals surface area (Å²) in [4.78, 5) is 10.2. The SMILES string of the molecule is NC(=O)S(=O)c1ccno1. The van der Waals surface area contributed by atoms with Crippen molar-refractivity contribution in [3.8, 4) is 0 Å². The molecule has 0 aliphatic carbocycles. The zero-order chi connectivity index (χ0) is 7.56. The highest BCUT2D eigenvalue weighted by Gasteiger charge is 2.12. The topological polar surface area (TPSA) is 86.2 Å². The normalized spacial score (nSPS) is 12.8. The summed E-state index contributed by atoms with van der Waals surface area (Å²) >= 11 is 0. The van der Waals surface area contributed by atoms with Crippen LogP contribution in [0, 0.1) is 0 Å². The van der Waals surface area contributed by atoms with E-state index in [0.29, 0.717) is 0 Å². The van der Waals surface area contributed by atoms with Gasteiger partial charge in [0.2, 0.25) is 5.09 Å². The molecule has 0 aliphatic rings. The van der Waals surface area contributed by atoms with Gasteiger partial charge < -0.3 is 10.3 Å². The predicted molar refractivity (Wildman–Crippen MR) is 32.5 cm³/mol. The molecule has 1 atom stereocenters. The van der Waals surface area contributed by atoms with Crippen LogP contribution in [-0.2, 0) is 10.8 Å². The maximum atomic E-state index is 10.7. The molecule has 0 spiro atoms. The van der Waals surface area contributed by atoms with E-state index in [4.69, 9.17) is 5.73 Å². The second-order valence-electron chi connectivity index (χ2n) is 1.42. The molecule has 5 nitrogen and oxygen atoms in total. The molecule has 0 bridgehead atoms. The zero-order valence-electron chi connectivity index (χ0n) is 4.81. The van der Waals surface area contributed by atoms with Gasteiger partial charge in [-0.2, -0.15) is 0 Å². The number of carbonyl (C=O) groups excluding carboxylic acids is 1. The molecule has 0 aliphatic heterocycles. The number of primary amides is 1. The zero-order valence-corrected chi connectivity index (χ0v) is 5.63. The van der Waals surface area contributed by atoms with Crippen LogP contribution in [0.2, 0.25) is 0 Å². The van der Waals surface area contributed by atoms with Gasteiger partial charge in [0.15, 0.2) is 10.8 Å². The highest BCUT2D eigenvalue weighted by atomic mass is 32.2. The summed E-state index contributed by atoms with van der Waals surface area (Å²) in [6.07, 6.45) is 1.29. The van der Waals surface area contributed by atoms with E-state index in [-0.39, 0.29) is 5.09 Å². The quantitative estimate of drug-likeness (QED) is 0.619. The lowest BCUT2D eigenvalue weighted by Crippen LogP contribution is -2.14. The van der Waals surface area contributed by atoms with Gasteiger partial charge in [0.1, 0.15) is 0 Å². The summed E-state index contributed by atoms with van der Waals surface area (Å²) in [5.74, 6) is 0. The second-order valence-corrected chi connectivity index (χ2v) is 2.76. The fraction of sp³-hybridized carbons (Fsp3) is 0. The summed E-state index contributed by atoms with van der Waals surface area (Å²) in [7, 11) is -1.89. The van der Waals surface area contributed by atoms with E-state index in [2.05, 4.69) is 9.68 Å². The Bertz CT molecular complexity index is 255. The van der Waals surface area contributed by atoms with Gasteiger partial charge in [0.25, 0.3) is 0 Å². The van der Waals surface area contributed by atoms with E-state index < -0.39 is 16.0 Å². The molecule has 0 saturated carbocycles. The lowest BCUT2D eigenvalue weighted by Gasteiger charge is -1.85. The number of hydrogen-bond donors (Lipinski definition) is 1. The van der Waals surface area contributed by atoms with Gasteiger partial charge in [-0.25, -0.2) is 4.21 Å². The van der Waals surface area contributed by atoms with Gasteiger partial charge in [-0.1, -0.05) is 5.16 Å². The molecular weight excluding hydrogens is 156 g/mol. The van der Waals surface area contributed by atoms with E-state index in [9.17, 15) is 9.00 Å². The molecule has 0 aromatic carbocycles. The van der Waals surface area contributed by atoms with E-state index in [0.717, 1.165) is 0 Å². The first kappa shape index (κ1) is 6.94. The minimum Gasteiger partial charge on any atom is -0.358 e. The van der Waals surface area contributed by atoms with Gasteiger partial charge >= 0.3 is 5.24 Å². The number of aromatic nitrogens is 1. The third-order valence-corrected chi connectivity index (χ3v) is 1.72. The number of nitrogens with zero attached hydrogens (tertiary/aromatic N) is 1. The molecule has 1 rings (SSSR count). The molecule has 1 heterocycles. The minimum atomic E-state index is -1.89. The van der Waals surface area contributed by atoms with Crippen molar-refractivity contribution in [3.05, 3.63) is 12.3 Å². The van der Waals surface area contributed by atoms with Crippen LogP contribution >= 0.6 is 0 Å². The van der Waals surface area contributed by atoms with E-state index in [1.165, 1.54) is 12.3 Å². The standard InChI is InChI=1S/C4H4N2O3S/c5-4(7)10(8)3-1-2-6-9-3/h1-2H,(H2,5,7). The van der Waals surface area contributed by atoms with Crippen molar-refractivity contribution in [2.45, 2.75) is 5.09 Å². The number of carbonyl (C=O) groups is 1. The summed E-state index contributed by atoms with van der Waals surface area (Å²) in [5, 5.41) is 2.30. The fourth-order valence-electron chi connectivity index (χ4n) is 0.399. The van der Waals surface area contributed by atoms with Crippen molar-refractivity contribution in [3.63, 3.8) is 0 Å². The van der Waals surface area contributed by atoms with Gasteiger partial charge in [-0.3, -0.25) is 4.79 Å². The first-order valence-corrected chi connectivity index (χ1v) is 3.48. The fourth-order valence-corrected chi connectivity index (χ4v) is 0.892. The Hall–Kier alpha value is -1.17. The molecule has 54 valence electrons. The first-order valence-electron chi connectivity index (χ1n) is 2.33. The summed E-state index contributed by atoms with van der Waals surface area (Å²) in [6.45, 7) is 0. The smallest absolute Gasteiger partial charge is 0.314 e. The van der Waals surface area contributed by atoms with Crippen LogP contribution < -0.4 is 5.73 Å². The number of rotatable bonds is 1. The van der Waals surface area contributed by atoms with E-state index in [1.807, 2.05) is 0 Å². The molecule has 1 aromatic heterocycles.